The Labute approximate surface area is 94.0 Å². The van der Waals surface area contributed by atoms with Crippen LogP contribution >= 0.6 is 35.0 Å². The fourth-order valence-electron chi connectivity index (χ4n) is 0.729. The summed E-state index contributed by atoms with van der Waals surface area (Å²) in [5, 5.41) is 9.00. The lowest BCUT2D eigenvalue weighted by Crippen LogP contribution is -2.09. The van der Waals surface area contributed by atoms with E-state index in [0.29, 0.717) is 21.7 Å². The van der Waals surface area contributed by atoms with Gasteiger partial charge in [0.2, 0.25) is 5.50 Å². The van der Waals surface area contributed by atoms with Gasteiger partial charge in [-0.05, 0) is 18.2 Å². The van der Waals surface area contributed by atoms with Crippen molar-refractivity contribution in [1.29, 1.82) is 0 Å². The minimum absolute atomic E-state index is 0.281. The molecule has 1 rings (SSSR count). The summed E-state index contributed by atoms with van der Waals surface area (Å²) >= 11 is 11.9. The van der Waals surface area contributed by atoms with Crippen LogP contribution in [0.25, 0.3) is 0 Å². The predicted molar refractivity (Wildman–Crippen MR) is 54.9 cm³/mol. The quantitative estimate of drug-likeness (QED) is 0.840. The van der Waals surface area contributed by atoms with E-state index in [-0.39, 0.29) is 5.02 Å². The summed E-state index contributed by atoms with van der Waals surface area (Å²) in [6.45, 7) is 0. The van der Waals surface area contributed by atoms with Gasteiger partial charge in [-0.3, -0.25) is 0 Å². The Morgan fingerprint density at radius 2 is 2.14 bits per heavy atom. The molecular formula is C8H5Cl2FO2S. The Morgan fingerprint density at radius 3 is 2.71 bits per heavy atom. The Balaban J connectivity index is 2.85. The monoisotopic (exact) mass is 254 g/mol. The topological polar surface area (TPSA) is 37.3 Å². The molecule has 0 aliphatic carbocycles. The molecule has 0 bridgehead atoms. The molecule has 0 radical (unpaired) electrons. The standard InChI is InChI=1S/C8H5Cl2FO2S/c9-4-1-2-5(10)6(3-4)14-7(11)8(12)13/h1-3,7H,(H,12,13). The van der Waals surface area contributed by atoms with Crippen molar-refractivity contribution < 1.29 is 14.3 Å². The van der Waals surface area contributed by atoms with Gasteiger partial charge in [-0.15, -0.1) is 0 Å². The molecule has 2 nitrogen and oxygen atoms in total. The summed E-state index contributed by atoms with van der Waals surface area (Å²) in [7, 11) is 0. The second kappa shape index (κ2) is 4.87. The molecule has 76 valence electrons. The maximum absolute atomic E-state index is 12.8. The van der Waals surface area contributed by atoms with Crippen molar-refractivity contribution in [2.75, 3.05) is 0 Å². The van der Waals surface area contributed by atoms with Crippen molar-refractivity contribution in [3.05, 3.63) is 28.2 Å². The highest BCUT2D eigenvalue weighted by molar-refractivity contribution is 8.00. The third kappa shape index (κ3) is 3.04. The molecule has 0 aromatic heterocycles. The maximum atomic E-state index is 12.8. The van der Waals surface area contributed by atoms with Crippen molar-refractivity contribution in [3.8, 4) is 0 Å². The lowest BCUT2D eigenvalue weighted by atomic mass is 10.4. The van der Waals surface area contributed by atoms with E-state index in [1.54, 1.807) is 6.07 Å². The molecule has 0 amide bonds. The average Bonchev–Trinajstić information content (AvgIpc) is 2.11. The second-order valence-electron chi connectivity index (χ2n) is 2.35. The van der Waals surface area contributed by atoms with Gasteiger partial charge < -0.3 is 5.11 Å². The number of carboxylic acids is 1. The first-order valence-electron chi connectivity index (χ1n) is 3.49. The molecule has 1 aromatic carbocycles. The Hall–Kier alpha value is -0.450. The van der Waals surface area contributed by atoms with E-state index < -0.39 is 11.5 Å². The Bertz CT molecular complexity index is 359. The molecule has 14 heavy (non-hydrogen) atoms. The van der Waals surface area contributed by atoms with Crippen LogP contribution in [0.4, 0.5) is 4.39 Å². The molecule has 0 spiro atoms. The molecular weight excluding hydrogens is 250 g/mol. The normalized spacial score (nSPS) is 12.5. The summed E-state index contributed by atoms with van der Waals surface area (Å²) in [5.74, 6) is -1.54. The van der Waals surface area contributed by atoms with Crippen LogP contribution in [-0.4, -0.2) is 16.6 Å². The van der Waals surface area contributed by atoms with E-state index in [0.717, 1.165) is 0 Å². The van der Waals surface area contributed by atoms with Crippen LogP contribution < -0.4 is 0 Å². The zero-order chi connectivity index (χ0) is 10.7. The van der Waals surface area contributed by atoms with E-state index in [1.165, 1.54) is 12.1 Å². The number of carboxylic acid groups (broad SMARTS) is 1. The van der Waals surface area contributed by atoms with Crippen LogP contribution in [0.3, 0.4) is 0 Å². The third-order valence-corrected chi connectivity index (χ3v) is 2.99. The number of rotatable bonds is 3. The highest BCUT2D eigenvalue weighted by atomic mass is 35.5. The van der Waals surface area contributed by atoms with Gasteiger partial charge in [-0.1, -0.05) is 35.0 Å². The SMILES string of the molecule is O=C(O)C(F)Sc1cc(Cl)ccc1Cl. The molecule has 1 aromatic rings. The van der Waals surface area contributed by atoms with Gasteiger partial charge in [0.15, 0.2) is 0 Å². The number of hydrogen-bond acceptors (Lipinski definition) is 2. The lowest BCUT2D eigenvalue weighted by Gasteiger charge is -2.05. The summed E-state index contributed by atoms with van der Waals surface area (Å²) in [4.78, 5) is 10.5. The average molecular weight is 255 g/mol. The molecule has 0 aliphatic heterocycles. The third-order valence-electron chi connectivity index (χ3n) is 1.32. The first-order chi connectivity index (χ1) is 6.50. The van der Waals surface area contributed by atoms with Crippen LogP contribution in [0.5, 0.6) is 0 Å². The van der Waals surface area contributed by atoms with E-state index >= 15 is 0 Å². The molecule has 1 N–H and O–H groups in total. The van der Waals surface area contributed by atoms with Gasteiger partial charge in [0.25, 0.3) is 0 Å². The van der Waals surface area contributed by atoms with Gasteiger partial charge in [0.1, 0.15) is 0 Å². The Morgan fingerprint density at radius 1 is 1.50 bits per heavy atom. The molecule has 0 aliphatic rings. The van der Waals surface area contributed by atoms with Crippen LogP contribution in [0.1, 0.15) is 0 Å². The molecule has 1 unspecified atom stereocenters. The van der Waals surface area contributed by atoms with Crippen LogP contribution in [-0.2, 0) is 4.79 Å². The van der Waals surface area contributed by atoms with Crippen molar-refractivity contribution in [2.24, 2.45) is 0 Å². The van der Waals surface area contributed by atoms with Crippen molar-refractivity contribution >= 4 is 40.9 Å². The van der Waals surface area contributed by atoms with Crippen LogP contribution in [0.2, 0.25) is 10.0 Å². The summed E-state index contributed by atoms with van der Waals surface area (Å²) in [6, 6.07) is 4.45. The molecule has 1 atom stereocenters. The van der Waals surface area contributed by atoms with Crippen molar-refractivity contribution in [1.82, 2.24) is 0 Å². The lowest BCUT2D eigenvalue weighted by molar-refractivity contribution is -0.139. The summed E-state index contributed by atoms with van der Waals surface area (Å²) < 4.78 is 12.8. The van der Waals surface area contributed by atoms with Crippen LogP contribution in [0, 0.1) is 0 Å². The molecule has 0 fully saturated rings. The van der Waals surface area contributed by atoms with Crippen molar-refractivity contribution in [2.45, 2.75) is 10.4 Å². The van der Waals surface area contributed by atoms with E-state index in [2.05, 4.69) is 0 Å². The van der Waals surface area contributed by atoms with E-state index in [1.807, 2.05) is 0 Å². The molecule has 6 heteroatoms. The minimum Gasteiger partial charge on any atom is -0.478 e. The number of thioether (sulfide) groups is 1. The molecule has 0 heterocycles. The number of aliphatic carboxylic acids is 1. The number of halogens is 3. The van der Waals surface area contributed by atoms with Crippen molar-refractivity contribution in [3.63, 3.8) is 0 Å². The fraction of sp³-hybridized carbons (Fsp3) is 0.125. The number of alkyl halides is 1. The van der Waals surface area contributed by atoms with E-state index in [4.69, 9.17) is 28.3 Å². The first kappa shape index (κ1) is 11.6. The largest absolute Gasteiger partial charge is 0.478 e. The Kier molecular flexibility index (Phi) is 4.04. The van der Waals surface area contributed by atoms with Gasteiger partial charge in [-0.25, -0.2) is 9.18 Å². The molecule has 0 saturated heterocycles. The smallest absolute Gasteiger partial charge is 0.349 e. The highest BCUT2D eigenvalue weighted by Gasteiger charge is 2.18. The zero-order valence-corrected chi connectivity index (χ0v) is 9.04. The predicted octanol–water partition coefficient (Wildman–Crippen LogP) is 3.47. The summed E-state index contributed by atoms with van der Waals surface area (Å²) in [6.07, 6.45) is 0. The fourth-order valence-corrected chi connectivity index (χ4v) is 1.92. The van der Waals surface area contributed by atoms with Gasteiger partial charge >= 0.3 is 5.97 Å². The number of benzene rings is 1. The number of hydrogen-bond donors (Lipinski definition) is 1. The molecule has 0 saturated carbocycles. The van der Waals surface area contributed by atoms with Gasteiger partial charge in [0.05, 0.1) is 5.02 Å². The second-order valence-corrected chi connectivity index (χ2v) is 4.28. The maximum Gasteiger partial charge on any atom is 0.349 e. The summed E-state index contributed by atoms with van der Waals surface area (Å²) in [5.41, 5.74) is -2.04. The number of carbonyl (C=O) groups is 1. The minimum atomic E-state index is -2.04. The van der Waals surface area contributed by atoms with E-state index in [9.17, 15) is 9.18 Å². The highest BCUT2D eigenvalue weighted by Crippen LogP contribution is 2.33. The first-order valence-corrected chi connectivity index (χ1v) is 5.13. The van der Waals surface area contributed by atoms with Gasteiger partial charge in [0, 0.05) is 9.92 Å². The van der Waals surface area contributed by atoms with Crippen LogP contribution in [0.15, 0.2) is 23.1 Å². The van der Waals surface area contributed by atoms with Gasteiger partial charge in [-0.2, -0.15) is 0 Å². The zero-order valence-electron chi connectivity index (χ0n) is 6.71.